The number of rotatable bonds is 3. The normalized spacial score (nSPS) is 12.5. The maximum absolute atomic E-state index is 3.61. The SMILES string of the molecule is CC(Nc1cccc2ccccc12)c1sccc1Br. The Kier molecular flexibility index (Phi) is 3.58. The van der Waals surface area contributed by atoms with E-state index in [9.17, 15) is 0 Å². The molecule has 0 fully saturated rings. The fourth-order valence-corrected chi connectivity index (χ4v) is 3.99. The van der Waals surface area contributed by atoms with E-state index in [4.69, 9.17) is 0 Å². The molecular weight excluding hydrogens is 318 g/mol. The second-order valence-electron chi connectivity index (χ2n) is 4.53. The molecule has 0 aliphatic carbocycles. The van der Waals surface area contributed by atoms with Gasteiger partial charge in [0.05, 0.1) is 6.04 Å². The fraction of sp³-hybridized carbons (Fsp3) is 0.125. The summed E-state index contributed by atoms with van der Waals surface area (Å²) in [7, 11) is 0. The van der Waals surface area contributed by atoms with Crippen LogP contribution in [0.4, 0.5) is 5.69 Å². The first-order valence-corrected chi connectivity index (χ1v) is 7.90. The maximum atomic E-state index is 3.61. The van der Waals surface area contributed by atoms with Crippen LogP contribution in [-0.4, -0.2) is 0 Å². The van der Waals surface area contributed by atoms with E-state index >= 15 is 0 Å². The van der Waals surface area contributed by atoms with Crippen LogP contribution in [0, 0.1) is 0 Å². The molecule has 1 aromatic heterocycles. The van der Waals surface area contributed by atoms with Crippen molar-refractivity contribution in [3.8, 4) is 0 Å². The Hall–Kier alpha value is -1.32. The smallest absolute Gasteiger partial charge is 0.0590 e. The zero-order valence-corrected chi connectivity index (χ0v) is 13.0. The van der Waals surface area contributed by atoms with Crippen LogP contribution in [0.3, 0.4) is 0 Å². The van der Waals surface area contributed by atoms with E-state index in [1.807, 2.05) is 0 Å². The van der Waals surface area contributed by atoms with Crippen molar-refractivity contribution < 1.29 is 0 Å². The minimum Gasteiger partial charge on any atom is -0.377 e. The van der Waals surface area contributed by atoms with Crippen molar-refractivity contribution in [2.24, 2.45) is 0 Å². The van der Waals surface area contributed by atoms with E-state index in [0.29, 0.717) is 6.04 Å². The Labute approximate surface area is 125 Å². The Morgan fingerprint density at radius 1 is 1.05 bits per heavy atom. The molecule has 1 nitrogen and oxygen atoms in total. The van der Waals surface area contributed by atoms with Crippen molar-refractivity contribution >= 4 is 43.7 Å². The van der Waals surface area contributed by atoms with Gasteiger partial charge >= 0.3 is 0 Å². The molecule has 0 saturated carbocycles. The van der Waals surface area contributed by atoms with Gasteiger partial charge in [0, 0.05) is 20.4 Å². The van der Waals surface area contributed by atoms with Crippen LogP contribution >= 0.6 is 27.3 Å². The zero-order chi connectivity index (χ0) is 13.2. The summed E-state index contributed by atoms with van der Waals surface area (Å²) in [6, 6.07) is 17.2. The third-order valence-electron chi connectivity index (χ3n) is 3.20. The van der Waals surface area contributed by atoms with E-state index in [1.165, 1.54) is 25.8 Å². The monoisotopic (exact) mass is 331 g/mol. The molecule has 3 rings (SSSR count). The summed E-state index contributed by atoms with van der Waals surface area (Å²) in [6.45, 7) is 2.19. The van der Waals surface area contributed by atoms with Gasteiger partial charge in [0.25, 0.3) is 0 Å². The lowest BCUT2D eigenvalue weighted by Crippen LogP contribution is -2.05. The van der Waals surface area contributed by atoms with Gasteiger partial charge in [0.2, 0.25) is 0 Å². The summed E-state index contributed by atoms with van der Waals surface area (Å²) in [6.07, 6.45) is 0. The molecule has 96 valence electrons. The van der Waals surface area contributed by atoms with Crippen molar-refractivity contribution in [1.29, 1.82) is 0 Å². The Balaban J connectivity index is 1.96. The first kappa shape index (κ1) is 12.7. The Morgan fingerprint density at radius 2 is 1.84 bits per heavy atom. The Morgan fingerprint density at radius 3 is 2.63 bits per heavy atom. The van der Waals surface area contributed by atoms with E-state index in [-0.39, 0.29) is 0 Å². The number of anilines is 1. The molecule has 0 bridgehead atoms. The van der Waals surface area contributed by atoms with E-state index in [2.05, 4.69) is 82.1 Å². The number of halogens is 1. The summed E-state index contributed by atoms with van der Waals surface area (Å²) in [4.78, 5) is 1.33. The van der Waals surface area contributed by atoms with Gasteiger partial charge in [-0.25, -0.2) is 0 Å². The lowest BCUT2D eigenvalue weighted by Gasteiger charge is -2.16. The van der Waals surface area contributed by atoms with Crippen LogP contribution in [0.15, 0.2) is 58.4 Å². The maximum Gasteiger partial charge on any atom is 0.0590 e. The van der Waals surface area contributed by atoms with Crippen LogP contribution in [0.2, 0.25) is 0 Å². The van der Waals surface area contributed by atoms with E-state index in [1.54, 1.807) is 11.3 Å². The second kappa shape index (κ2) is 5.35. The van der Waals surface area contributed by atoms with Crippen LogP contribution in [-0.2, 0) is 0 Å². The lowest BCUT2D eigenvalue weighted by atomic mass is 10.1. The first-order chi connectivity index (χ1) is 9.25. The predicted molar refractivity (Wildman–Crippen MR) is 88.0 cm³/mol. The first-order valence-electron chi connectivity index (χ1n) is 6.23. The molecule has 0 aliphatic rings. The van der Waals surface area contributed by atoms with Crippen molar-refractivity contribution in [1.82, 2.24) is 0 Å². The molecule has 19 heavy (non-hydrogen) atoms. The van der Waals surface area contributed by atoms with Gasteiger partial charge in [-0.15, -0.1) is 11.3 Å². The highest BCUT2D eigenvalue weighted by atomic mass is 79.9. The number of benzene rings is 2. The molecule has 2 aromatic carbocycles. The molecule has 1 N–H and O–H groups in total. The third-order valence-corrected chi connectivity index (χ3v) is 5.25. The minimum atomic E-state index is 0.292. The average molecular weight is 332 g/mol. The number of fused-ring (bicyclic) bond motifs is 1. The molecule has 3 heteroatoms. The number of hydrogen-bond donors (Lipinski definition) is 1. The highest BCUT2D eigenvalue weighted by molar-refractivity contribution is 9.10. The average Bonchev–Trinajstić information content (AvgIpc) is 2.85. The highest BCUT2D eigenvalue weighted by Gasteiger charge is 2.11. The molecular formula is C16H14BrNS. The van der Waals surface area contributed by atoms with E-state index in [0.717, 1.165) is 0 Å². The zero-order valence-electron chi connectivity index (χ0n) is 10.6. The van der Waals surface area contributed by atoms with Crippen LogP contribution in [0.25, 0.3) is 10.8 Å². The molecule has 3 aromatic rings. The molecule has 0 aliphatic heterocycles. The van der Waals surface area contributed by atoms with Crippen molar-refractivity contribution in [3.05, 3.63) is 63.3 Å². The summed E-state index contributed by atoms with van der Waals surface area (Å²) in [5.74, 6) is 0. The number of thiophene rings is 1. The van der Waals surface area contributed by atoms with Gasteiger partial charge in [-0.2, -0.15) is 0 Å². The third kappa shape index (κ3) is 2.53. The fourth-order valence-electron chi connectivity index (χ4n) is 2.26. The highest BCUT2D eigenvalue weighted by Crippen LogP contribution is 2.33. The largest absolute Gasteiger partial charge is 0.377 e. The summed E-state index contributed by atoms with van der Waals surface area (Å²) < 4.78 is 1.18. The summed E-state index contributed by atoms with van der Waals surface area (Å²) in [5, 5.41) is 8.26. The second-order valence-corrected chi connectivity index (χ2v) is 6.33. The number of hydrogen-bond acceptors (Lipinski definition) is 2. The van der Waals surface area contributed by atoms with Crippen LogP contribution in [0.5, 0.6) is 0 Å². The van der Waals surface area contributed by atoms with Gasteiger partial charge in [0.1, 0.15) is 0 Å². The predicted octanol–water partition coefficient (Wildman–Crippen LogP) is 5.84. The standard InChI is InChI=1S/C16H14BrNS/c1-11(16-14(17)9-10-19-16)18-15-8-4-6-12-5-2-3-7-13(12)15/h2-11,18H,1H3. The van der Waals surface area contributed by atoms with Crippen LogP contribution < -0.4 is 5.32 Å². The number of nitrogens with one attached hydrogen (secondary N) is 1. The van der Waals surface area contributed by atoms with Gasteiger partial charge in [-0.3, -0.25) is 0 Å². The molecule has 1 atom stereocenters. The van der Waals surface area contributed by atoms with Gasteiger partial charge in [-0.05, 0) is 45.8 Å². The van der Waals surface area contributed by atoms with Gasteiger partial charge < -0.3 is 5.32 Å². The van der Waals surface area contributed by atoms with E-state index < -0.39 is 0 Å². The summed E-state index contributed by atoms with van der Waals surface area (Å²) >= 11 is 5.37. The quantitative estimate of drug-likeness (QED) is 0.635. The molecule has 0 spiro atoms. The van der Waals surface area contributed by atoms with Crippen molar-refractivity contribution in [3.63, 3.8) is 0 Å². The van der Waals surface area contributed by atoms with Gasteiger partial charge in [0.15, 0.2) is 0 Å². The summed E-state index contributed by atoms with van der Waals surface area (Å²) in [5.41, 5.74) is 1.19. The van der Waals surface area contributed by atoms with Gasteiger partial charge in [-0.1, -0.05) is 36.4 Å². The minimum absolute atomic E-state index is 0.292. The molecule has 0 saturated heterocycles. The molecule has 0 amide bonds. The topological polar surface area (TPSA) is 12.0 Å². The molecule has 1 heterocycles. The molecule has 1 unspecified atom stereocenters. The lowest BCUT2D eigenvalue weighted by molar-refractivity contribution is 0.905. The Bertz CT molecular complexity index is 699. The molecule has 0 radical (unpaired) electrons. The van der Waals surface area contributed by atoms with Crippen LogP contribution in [0.1, 0.15) is 17.8 Å². The van der Waals surface area contributed by atoms with Crippen molar-refractivity contribution in [2.45, 2.75) is 13.0 Å². The van der Waals surface area contributed by atoms with Crippen molar-refractivity contribution in [2.75, 3.05) is 5.32 Å².